The van der Waals surface area contributed by atoms with Crippen molar-refractivity contribution in [3.63, 3.8) is 0 Å². The average molecular weight is 378 g/mol. The highest BCUT2D eigenvalue weighted by Gasteiger charge is 2.17. The molecule has 3 rings (SSSR count). The monoisotopic (exact) mass is 378 g/mol. The van der Waals surface area contributed by atoms with Crippen molar-refractivity contribution in [2.24, 2.45) is 0 Å². The van der Waals surface area contributed by atoms with E-state index in [9.17, 15) is 9.59 Å². The predicted octanol–water partition coefficient (Wildman–Crippen LogP) is 4.35. The van der Waals surface area contributed by atoms with Gasteiger partial charge in [-0.05, 0) is 42.7 Å². The molecule has 0 saturated heterocycles. The molecule has 0 aliphatic heterocycles. The van der Waals surface area contributed by atoms with E-state index in [-0.39, 0.29) is 6.42 Å². The summed E-state index contributed by atoms with van der Waals surface area (Å²) in [5, 5.41) is 0.777. The van der Waals surface area contributed by atoms with Crippen molar-refractivity contribution in [2.45, 2.75) is 26.9 Å². The third kappa shape index (κ3) is 3.83. The van der Waals surface area contributed by atoms with Crippen LogP contribution in [-0.4, -0.2) is 13.1 Å². The molecule has 1 aromatic heterocycles. The molecule has 0 amide bonds. The number of esters is 1. The molecule has 1 heterocycles. The summed E-state index contributed by atoms with van der Waals surface area (Å²) in [6.45, 7) is 7.79. The number of carbonyl (C=O) groups excluding carboxylic acids is 1. The number of hydrogen-bond acceptors (Lipinski definition) is 5. The summed E-state index contributed by atoms with van der Waals surface area (Å²) in [5.41, 5.74) is 3.78. The van der Waals surface area contributed by atoms with Crippen molar-refractivity contribution in [1.82, 2.24) is 0 Å². The fourth-order valence-corrected chi connectivity index (χ4v) is 3.06. The fraction of sp³-hybridized carbons (Fsp3) is 0.217. The number of fused-ring (bicyclic) bond motifs is 1. The zero-order valence-electron chi connectivity index (χ0n) is 16.2. The Morgan fingerprint density at radius 2 is 1.82 bits per heavy atom. The van der Waals surface area contributed by atoms with Gasteiger partial charge in [0, 0.05) is 10.9 Å². The molecule has 3 aromatic rings. The van der Waals surface area contributed by atoms with Crippen molar-refractivity contribution in [3.8, 4) is 5.75 Å². The number of benzene rings is 2. The van der Waals surface area contributed by atoms with E-state index in [2.05, 4.69) is 11.3 Å². The third-order valence-corrected chi connectivity index (χ3v) is 4.81. The minimum atomic E-state index is -0.532. The van der Waals surface area contributed by atoms with Crippen LogP contribution in [0.4, 0.5) is 0 Å². The molecule has 5 nitrogen and oxygen atoms in total. The first-order chi connectivity index (χ1) is 13.4. The highest BCUT2D eigenvalue weighted by atomic mass is 16.5. The largest absolute Gasteiger partial charge is 0.488 e. The number of carbonyl (C=O) groups is 1. The van der Waals surface area contributed by atoms with E-state index in [1.54, 1.807) is 13.0 Å². The number of hydrogen-bond donors (Lipinski definition) is 0. The quantitative estimate of drug-likeness (QED) is 0.471. The SMILES string of the molecule is C=Cc1ccc(COc2ccc3c(C)c(CC(=O)OC)c(=O)oc3c2C)cc1. The van der Waals surface area contributed by atoms with Crippen molar-refractivity contribution in [3.05, 3.63) is 81.2 Å². The Kier molecular flexibility index (Phi) is 5.64. The Labute approximate surface area is 163 Å². The number of methoxy groups -OCH3 is 1. The maximum atomic E-state index is 12.4. The van der Waals surface area contributed by atoms with Crippen LogP contribution in [0.3, 0.4) is 0 Å². The molecule has 0 spiro atoms. The third-order valence-electron chi connectivity index (χ3n) is 4.81. The normalized spacial score (nSPS) is 10.7. The second-order valence-corrected chi connectivity index (χ2v) is 6.55. The van der Waals surface area contributed by atoms with Crippen molar-refractivity contribution < 1.29 is 18.7 Å². The minimum Gasteiger partial charge on any atom is -0.488 e. The summed E-state index contributed by atoms with van der Waals surface area (Å²) in [6, 6.07) is 11.6. The molecule has 0 fully saturated rings. The topological polar surface area (TPSA) is 65.7 Å². The zero-order chi connectivity index (χ0) is 20.3. The maximum Gasteiger partial charge on any atom is 0.340 e. The second kappa shape index (κ2) is 8.13. The van der Waals surface area contributed by atoms with Crippen molar-refractivity contribution in [2.75, 3.05) is 7.11 Å². The maximum absolute atomic E-state index is 12.4. The molecule has 2 aromatic carbocycles. The van der Waals surface area contributed by atoms with Gasteiger partial charge in [0.05, 0.1) is 19.1 Å². The summed E-state index contributed by atoms with van der Waals surface area (Å²) in [4.78, 5) is 24.0. The van der Waals surface area contributed by atoms with E-state index in [4.69, 9.17) is 9.15 Å². The lowest BCUT2D eigenvalue weighted by Crippen LogP contribution is -2.16. The Balaban J connectivity index is 1.92. The summed E-state index contributed by atoms with van der Waals surface area (Å²) in [5.74, 6) is 0.164. The molecule has 144 valence electrons. The lowest BCUT2D eigenvalue weighted by Gasteiger charge is -2.13. The van der Waals surface area contributed by atoms with E-state index >= 15 is 0 Å². The Hall–Kier alpha value is -3.34. The molecule has 0 unspecified atom stereocenters. The van der Waals surface area contributed by atoms with E-state index < -0.39 is 11.6 Å². The van der Waals surface area contributed by atoms with Gasteiger partial charge in [0.1, 0.15) is 17.9 Å². The van der Waals surface area contributed by atoms with Crippen LogP contribution in [-0.2, 0) is 22.6 Å². The first-order valence-corrected chi connectivity index (χ1v) is 8.91. The van der Waals surface area contributed by atoms with Crippen LogP contribution in [0.25, 0.3) is 17.0 Å². The van der Waals surface area contributed by atoms with Gasteiger partial charge in [-0.1, -0.05) is 36.9 Å². The number of aryl methyl sites for hydroxylation is 2. The van der Waals surface area contributed by atoms with Crippen LogP contribution in [0, 0.1) is 13.8 Å². The van der Waals surface area contributed by atoms with Gasteiger partial charge in [-0.3, -0.25) is 4.79 Å². The summed E-state index contributed by atoms with van der Waals surface area (Å²) in [7, 11) is 1.29. The molecule has 0 bridgehead atoms. The molecule has 0 aliphatic carbocycles. The van der Waals surface area contributed by atoms with E-state index in [1.807, 2.05) is 43.3 Å². The van der Waals surface area contributed by atoms with E-state index in [0.717, 1.165) is 22.1 Å². The average Bonchev–Trinajstić information content (AvgIpc) is 2.71. The molecular formula is C23H22O5. The van der Waals surface area contributed by atoms with Gasteiger partial charge in [-0.25, -0.2) is 4.79 Å². The molecular weight excluding hydrogens is 356 g/mol. The molecule has 0 N–H and O–H groups in total. The Morgan fingerprint density at radius 3 is 2.46 bits per heavy atom. The molecule has 0 aliphatic rings. The lowest BCUT2D eigenvalue weighted by atomic mass is 10.0. The number of rotatable bonds is 6. The first-order valence-electron chi connectivity index (χ1n) is 8.91. The Morgan fingerprint density at radius 1 is 1.11 bits per heavy atom. The van der Waals surface area contributed by atoms with Gasteiger partial charge in [0.15, 0.2) is 0 Å². The summed E-state index contributed by atoms with van der Waals surface area (Å²) < 4.78 is 16.1. The molecule has 0 radical (unpaired) electrons. The highest BCUT2D eigenvalue weighted by molar-refractivity contribution is 5.86. The van der Waals surface area contributed by atoms with Crippen LogP contribution in [0.15, 0.2) is 52.2 Å². The first kappa shape index (κ1) is 19.4. The molecule has 0 atom stereocenters. The molecule has 28 heavy (non-hydrogen) atoms. The summed E-state index contributed by atoms with van der Waals surface area (Å²) in [6.07, 6.45) is 1.68. The fourth-order valence-electron chi connectivity index (χ4n) is 3.06. The smallest absolute Gasteiger partial charge is 0.340 e. The standard InChI is InChI=1S/C23H22O5/c1-5-16-6-8-17(9-7-16)13-27-20-11-10-18-14(2)19(12-21(24)26-4)23(25)28-22(18)15(20)3/h5-11H,1,12-13H2,2-4H3. The van der Waals surface area contributed by atoms with Crippen molar-refractivity contribution >= 4 is 23.0 Å². The summed E-state index contributed by atoms with van der Waals surface area (Å²) >= 11 is 0. The Bertz CT molecular complexity index is 1090. The molecule has 5 heteroatoms. The van der Waals surface area contributed by atoms with Gasteiger partial charge in [-0.2, -0.15) is 0 Å². The van der Waals surface area contributed by atoms with Gasteiger partial charge < -0.3 is 13.9 Å². The van der Waals surface area contributed by atoms with E-state index in [0.29, 0.717) is 29.1 Å². The number of ether oxygens (including phenoxy) is 2. The highest BCUT2D eigenvalue weighted by Crippen LogP contribution is 2.30. The predicted molar refractivity (Wildman–Crippen MR) is 109 cm³/mol. The van der Waals surface area contributed by atoms with Crippen LogP contribution < -0.4 is 10.4 Å². The second-order valence-electron chi connectivity index (χ2n) is 6.55. The van der Waals surface area contributed by atoms with Crippen LogP contribution in [0.5, 0.6) is 5.75 Å². The van der Waals surface area contributed by atoms with Gasteiger partial charge in [-0.15, -0.1) is 0 Å². The molecule has 0 saturated carbocycles. The lowest BCUT2D eigenvalue weighted by molar-refractivity contribution is -0.139. The minimum absolute atomic E-state index is 0.112. The van der Waals surface area contributed by atoms with Crippen LogP contribution in [0.1, 0.15) is 27.8 Å². The van der Waals surface area contributed by atoms with Gasteiger partial charge in [0.25, 0.3) is 0 Å². The zero-order valence-corrected chi connectivity index (χ0v) is 16.2. The van der Waals surface area contributed by atoms with Gasteiger partial charge in [0.2, 0.25) is 0 Å². The van der Waals surface area contributed by atoms with Gasteiger partial charge >= 0.3 is 11.6 Å². The van der Waals surface area contributed by atoms with Crippen molar-refractivity contribution in [1.29, 1.82) is 0 Å². The van der Waals surface area contributed by atoms with Crippen LogP contribution in [0.2, 0.25) is 0 Å². The van der Waals surface area contributed by atoms with Crippen LogP contribution >= 0.6 is 0 Å². The van der Waals surface area contributed by atoms with E-state index in [1.165, 1.54) is 7.11 Å².